The fraction of sp³-hybridized carbons (Fsp3) is 0.333. The van der Waals surface area contributed by atoms with E-state index in [1.165, 1.54) is 24.2 Å². The monoisotopic (exact) mass is 186 g/mol. The van der Waals surface area contributed by atoms with E-state index in [9.17, 15) is 0 Å². The second kappa shape index (κ2) is 3.05. The molecule has 0 saturated carbocycles. The fourth-order valence-corrected chi connectivity index (χ4v) is 2.26. The van der Waals surface area contributed by atoms with Crippen molar-refractivity contribution >= 4 is 11.4 Å². The molecule has 1 aliphatic carbocycles. The van der Waals surface area contributed by atoms with Gasteiger partial charge < -0.3 is 10.6 Å². The van der Waals surface area contributed by atoms with Crippen molar-refractivity contribution in [2.45, 2.75) is 24.9 Å². The van der Waals surface area contributed by atoms with E-state index < -0.39 is 0 Å². The Morgan fingerprint density at radius 2 is 1.86 bits per heavy atom. The molecule has 0 aromatic heterocycles. The van der Waals surface area contributed by atoms with Gasteiger partial charge in [-0.25, -0.2) is 0 Å². The van der Waals surface area contributed by atoms with Gasteiger partial charge in [0.1, 0.15) is 0 Å². The minimum atomic E-state index is 0.471. The smallest absolute Gasteiger partial charge is 0.0646 e. The number of rotatable bonds is 0. The SMILES string of the molecule is C1=CC2Nc3ccccc3NC2CC1. The lowest BCUT2D eigenvalue weighted by molar-refractivity contribution is 0.588. The van der Waals surface area contributed by atoms with Crippen LogP contribution in [0.4, 0.5) is 11.4 Å². The third kappa shape index (κ3) is 1.18. The van der Waals surface area contributed by atoms with E-state index in [4.69, 9.17) is 0 Å². The summed E-state index contributed by atoms with van der Waals surface area (Å²) in [5.41, 5.74) is 2.46. The Labute approximate surface area is 84.0 Å². The van der Waals surface area contributed by atoms with E-state index in [1.807, 2.05) is 0 Å². The predicted molar refractivity (Wildman–Crippen MR) is 59.6 cm³/mol. The van der Waals surface area contributed by atoms with E-state index in [0.29, 0.717) is 12.1 Å². The van der Waals surface area contributed by atoms with Crippen molar-refractivity contribution in [3.63, 3.8) is 0 Å². The topological polar surface area (TPSA) is 24.1 Å². The normalized spacial score (nSPS) is 28.3. The molecule has 2 unspecified atom stereocenters. The summed E-state index contributed by atoms with van der Waals surface area (Å²) in [5.74, 6) is 0. The van der Waals surface area contributed by atoms with Crippen LogP contribution in [0.1, 0.15) is 12.8 Å². The minimum absolute atomic E-state index is 0.471. The predicted octanol–water partition coefficient (Wildman–Crippen LogP) is 2.61. The first-order chi connectivity index (χ1) is 6.93. The molecular weight excluding hydrogens is 172 g/mol. The van der Waals surface area contributed by atoms with Gasteiger partial charge in [0.15, 0.2) is 0 Å². The van der Waals surface area contributed by atoms with Crippen LogP contribution in [-0.2, 0) is 0 Å². The van der Waals surface area contributed by atoms with Gasteiger partial charge in [0.2, 0.25) is 0 Å². The highest BCUT2D eigenvalue weighted by molar-refractivity contribution is 5.72. The second-order valence-corrected chi connectivity index (χ2v) is 3.97. The Morgan fingerprint density at radius 1 is 1.07 bits per heavy atom. The highest BCUT2D eigenvalue weighted by atomic mass is 15.1. The molecule has 2 aliphatic rings. The van der Waals surface area contributed by atoms with Crippen LogP contribution in [0.15, 0.2) is 36.4 Å². The van der Waals surface area contributed by atoms with Gasteiger partial charge in [-0.3, -0.25) is 0 Å². The molecule has 0 saturated heterocycles. The average molecular weight is 186 g/mol. The van der Waals surface area contributed by atoms with Gasteiger partial charge in [0, 0.05) is 0 Å². The number of nitrogens with one attached hydrogen (secondary N) is 2. The number of para-hydroxylation sites is 2. The summed E-state index contributed by atoms with van der Waals surface area (Å²) in [6, 6.07) is 9.44. The zero-order valence-electron chi connectivity index (χ0n) is 8.03. The lowest BCUT2D eigenvalue weighted by Crippen LogP contribution is -2.42. The fourth-order valence-electron chi connectivity index (χ4n) is 2.26. The summed E-state index contributed by atoms with van der Waals surface area (Å²) < 4.78 is 0. The lowest BCUT2D eigenvalue weighted by atomic mass is 9.94. The van der Waals surface area contributed by atoms with Gasteiger partial charge in [-0.15, -0.1) is 0 Å². The lowest BCUT2D eigenvalue weighted by Gasteiger charge is -2.36. The molecule has 2 N–H and O–H groups in total. The van der Waals surface area contributed by atoms with Gasteiger partial charge in [0.25, 0.3) is 0 Å². The van der Waals surface area contributed by atoms with E-state index in [1.54, 1.807) is 0 Å². The van der Waals surface area contributed by atoms with Crippen molar-refractivity contribution in [3.05, 3.63) is 36.4 Å². The van der Waals surface area contributed by atoms with Gasteiger partial charge in [0.05, 0.1) is 23.5 Å². The van der Waals surface area contributed by atoms with E-state index in [-0.39, 0.29) is 0 Å². The van der Waals surface area contributed by atoms with Crippen LogP contribution >= 0.6 is 0 Å². The maximum Gasteiger partial charge on any atom is 0.0646 e. The highest BCUT2D eigenvalue weighted by Crippen LogP contribution is 2.31. The maximum atomic E-state index is 3.59. The number of allylic oxidation sites excluding steroid dienone is 1. The van der Waals surface area contributed by atoms with Gasteiger partial charge in [-0.1, -0.05) is 24.3 Å². The van der Waals surface area contributed by atoms with E-state index in [0.717, 1.165) is 0 Å². The quantitative estimate of drug-likeness (QED) is 0.608. The van der Waals surface area contributed by atoms with Crippen LogP contribution in [-0.4, -0.2) is 12.1 Å². The molecule has 0 radical (unpaired) electrons. The molecule has 1 heterocycles. The van der Waals surface area contributed by atoms with Crippen molar-refractivity contribution in [3.8, 4) is 0 Å². The van der Waals surface area contributed by atoms with Crippen LogP contribution in [0.2, 0.25) is 0 Å². The molecule has 0 bridgehead atoms. The van der Waals surface area contributed by atoms with Crippen LogP contribution in [0.3, 0.4) is 0 Å². The Kier molecular flexibility index (Phi) is 1.72. The number of hydrogen-bond acceptors (Lipinski definition) is 2. The molecule has 72 valence electrons. The Bertz CT molecular complexity index is 370. The van der Waals surface area contributed by atoms with Crippen molar-refractivity contribution in [2.24, 2.45) is 0 Å². The van der Waals surface area contributed by atoms with Gasteiger partial charge >= 0.3 is 0 Å². The van der Waals surface area contributed by atoms with Crippen molar-refractivity contribution < 1.29 is 0 Å². The number of benzene rings is 1. The Balaban J connectivity index is 1.96. The van der Waals surface area contributed by atoms with Crippen LogP contribution in [0, 0.1) is 0 Å². The molecule has 0 fully saturated rings. The summed E-state index contributed by atoms with van der Waals surface area (Å²) >= 11 is 0. The maximum absolute atomic E-state index is 3.59. The van der Waals surface area contributed by atoms with Crippen LogP contribution < -0.4 is 10.6 Å². The summed E-state index contributed by atoms with van der Waals surface area (Å²) in [4.78, 5) is 0. The third-order valence-corrected chi connectivity index (χ3v) is 3.01. The van der Waals surface area contributed by atoms with E-state index >= 15 is 0 Å². The molecule has 0 spiro atoms. The highest BCUT2D eigenvalue weighted by Gasteiger charge is 2.26. The molecule has 3 rings (SSSR count). The standard InChI is InChI=1S/C12H14N2/c1-2-6-10-9(5-1)13-11-7-3-4-8-12(11)14-10/h1-3,5-7,11-14H,4,8H2. The molecule has 1 aromatic rings. The van der Waals surface area contributed by atoms with Crippen LogP contribution in [0.25, 0.3) is 0 Å². The number of hydrogen-bond donors (Lipinski definition) is 2. The molecule has 2 nitrogen and oxygen atoms in total. The largest absolute Gasteiger partial charge is 0.378 e. The number of anilines is 2. The Hall–Kier alpha value is -1.44. The molecule has 2 heteroatoms. The van der Waals surface area contributed by atoms with Crippen molar-refractivity contribution in [1.82, 2.24) is 0 Å². The first-order valence-corrected chi connectivity index (χ1v) is 5.22. The Morgan fingerprint density at radius 3 is 2.71 bits per heavy atom. The summed E-state index contributed by atoms with van der Waals surface area (Å²) in [6.07, 6.45) is 6.96. The van der Waals surface area contributed by atoms with Crippen LogP contribution in [0.5, 0.6) is 0 Å². The van der Waals surface area contributed by atoms with Gasteiger partial charge in [-0.05, 0) is 25.0 Å². The molecule has 2 atom stereocenters. The minimum Gasteiger partial charge on any atom is -0.378 e. The van der Waals surface area contributed by atoms with Crippen molar-refractivity contribution in [1.29, 1.82) is 0 Å². The average Bonchev–Trinajstić information content (AvgIpc) is 2.26. The first-order valence-electron chi connectivity index (χ1n) is 5.22. The van der Waals surface area contributed by atoms with Gasteiger partial charge in [-0.2, -0.15) is 0 Å². The molecule has 0 amide bonds. The zero-order chi connectivity index (χ0) is 9.38. The van der Waals surface area contributed by atoms with Crippen molar-refractivity contribution in [2.75, 3.05) is 10.6 Å². The summed E-state index contributed by atoms with van der Waals surface area (Å²) in [7, 11) is 0. The first kappa shape index (κ1) is 7.92. The zero-order valence-corrected chi connectivity index (χ0v) is 8.03. The van der Waals surface area contributed by atoms with E-state index in [2.05, 4.69) is 47.1 Å². The molecule has 14 heavy (non-hydrogen) atoms. The molecular formula is C12H14N2. The second-order valence-electron chi connectivity index (χ2n) is 3.97. The molecule has 1 aliphatic heterocycles. The number of fused-ring (bicyclic) bond motifs is 2. The third-order valence-electron chi connectivity index (χ3n) is 3.01. The summed E-state index contributed by atoms with van der Waals surface area (Å²) in [6.45, 7) is 0. The molecule has 1 aromatic carbocycles. The summed E-state index contributed by atoms with van der Waals surface area (Å²) in [5, 5.41) is 7.13.